The molecule has 1 aliphatic carbocycles. The monoisotopic (exact) mass is 267 g/mol. The third kappa shape index (κ3) is 3.93. The molecule has 2 fully saturated rings. The minimum Gasteiger partial charge on any atom is -0.313 e. The van der Waals surface area contributed by atoms with E-state index in [4.69, 9.17) is 0 Å². The van der Waals surface area contributed by atoms with Crippen molar-refractivity contribution < 1.29 is 0 Å². The summed E-state index contributed by atoms with van der Waals surface area (Å²) in [6, 6.07) is 1.47. The van der Waals surface area contributed by atoms with Gasteiger partial charge in [-0.1, -0.05) is 27.7 Å². The molecule has 3 nitrogen and oxygen atoms in total. The average Bonchev–Trinajstić information content (AvgIpc) is 2.41. The van der Waals surface area contributed by atoms with Gasteiger partial charge in [0.1, 0.15) is 0 Å². The molecule has 0 radical (unpaired) electrons. The topological polar surface area (TPSA) is 18.5 Å². The van der Waals surface area contributed by atoms with Crippen molar-refractivity contribution in [2.45, 2.75) is 59.0 Å². The standard InChI is InChI=1S/C16H33N3/c1-5-17-14-7-8-16(3,4)13-15(14)19-11-9-18(6-2)10-12-19/h14-15,17H,5-13H2,1-4H3. The van der Waals surface area contributed by atoms with Crippen molar-refractivity contribution in [3.63, 3.8) is 0 Å². The molecule has 3 heteroatoms. The van der Waals surface area contributed by atoms with Crippen molar-refractivity contribution in [3.8, 4) is 0 Å². The van der Waals surface area contributed by atoms with Gasteiger partial charge in [0.05, 0.1) is 0 Å². The molecule has 0 amide bonds. The Morgan fingerprint density at radius 2 is 1.79 bits per heavy atom. The van der Waals surface area contributed by atoms with Gasteiger partial charge >= 0.3 is 0 Å². The van der Waals surface area contributed by atoms with Crippen molar-refractivity contribution in [1.82, 2.24) is 15.1 Å². The first-order chi connectivity index (χ1) is 9.05. The zero-order valence-electron chi connectivity index (χ0n) is 13.4. The van der Waals surface area contributed by atoms with Crippen molar-refractivity contribution in [3.05, 3.63) is 0 Å². The molecule has 2 rings (SSSR count). The van der Waals surface area contributed by atoms with Crippen LogP contribution < -0.4 is 5.32 Å². The Bertz CT molecular complexity index is 269. The highest BCUT2D eigenvalue weighted by atomic mass is 15.3. The third-order valence-electron chi connectivity index (χ3n) is 5.15. The summed E-state index contributed by atoms with van der Waals surface area (Å²) in [5.74, 6) is 0. The molecule has 1 aliphatic heterocycles. The van der Waals surface area contributed by atoms with Crippen LogP contribution in [0, 0.1) is 5.41 Å². The molecule has 1 N–H and O–H groups in total. The lowest BCUT2D eigenvalue weighted by molar-refractivity contribution is 0.0306. The van der Waals surface area contributed by atoms with Crippen molar-refractivity contribution in [2.75, 3.05) is 39.3 Å². The Morgan fingerprint density at radius 1 is 1.11 bits per heavy atom. The number of hydrogen-bond acceptors (Lipinski definition) is 3. The van der Waals surface area contributed by atoms with Gasteiger partial charge in [0.2, 0.25) is 0 Å². The van der Waals surface area contributed by atoms with Crippen molar-refractivity contribution >= 4 is 0 Å². The molecular formula is C16H33N3. The van der Waals surface area contributed by atoms with Crippen LogP contribution in [-0.2, 0) is 0 Å². The fraction of sp³-hybridized carbons (Fsp3) is 1.00. The van der Waals surface area contributed by atoms with Crippen LogP contribution in [0.25, 0.3) is 0 Å². The van der Waals surface area contributed by atoms with E-state index in [0.29, 0.717) is 11.5 Å². The Morgan fingerprint density at radius 3 is 2.37 bits per heavy atom. The van der Waals surface area contributed by atoms with Crippen LogP contribution in [0.4, 0.5) is 0 Å². The second-order valence-corrected chi connectivity index (χ2v) is 7.11. The molecule has 0 aromatic heterocycles. The SMILES string of the molecule is CCNC1CCC(C)(C)CC1N1CCN(CC)CC1. The zero-order valence-corrected chi connectivity index (χ0v) is 13.4. The lowest BCUT2D eigenvalue weighted by Gasteiger charge is -2.48. The lowest BCUT2D eigenvalue weighted by atomic mass is 9.72. The van der Waals surface area contributed by atoms with Crippen LogP contribution in [0.5, 0.6) is 0 Å². The van der Waals surface area contributed by atoms with Crippen LogP contribution in [0.3, 0.4) is 0 Å². The average molecular weight is 267 g/mol. The predicted molar refractivity (Wildman–Crippen MR) is 82.6 cm³/mol. The Balaban J connectivity index is 1.97. The number of likely N-dealkylation sites (N-methyl/N-ethyl adjacent to an activating group) is 2. The first-order valence-corrected chi connectivity index (χ1v) is 8.25. The summed E-state index contributed by atoms with van der Waals surface area (Å²) in [5, 5.41) is 3.74. The quantitative estimate of drug-likeness (QED) is 0.842. The molecule has 1 saturated carbocycles. The number of rotatable bonds is 4. The van der Waals surface area contributed by atoms with Gasteiger partial charge in [-0.2, -0.15) is 0 Å². The van der Waals surface area contributed by atoms with E-state index >= 15 is 0 Å². The third-order valence-corrected chi connectivity index (χ3v) is 5.15. The van der Waals surface area contributed by atoms with Crippen LogP contribution >= 0.6 is 0 Å². The van der Waals surface area contributed by atoms with Gasteiger partial charge in [0, 0.05) is 38.3 Å². The highest BCUT2D eigenvalue weighted by Crippen LogP contribution is 2.37. The van der Waals surface area contributed by atoms with Crippen molar-refractivity contribution in [1.29, 1.82) is 0 Å². The van der Waals surface area contributed by atoms with E-state index in [2.05, 4.69) is 42.8 Å². The number of piperazine rings is 1. The zero-order chi connectivity index (χ0) is 13.9. The molecule has 2 atom stereocenters. The van der Waals surface area contributed by atoms with Crippen LogP contribution in [0.2, 0.25) is 0 Å². The maximum atomic E-state index is 3.74. The molecule has 2 aliphatic rings. The van der Waals surface area contributed by atoms with E-state index in [1.54, 1.807) is 0 Å². The summed E-state index contributed by atoms with van der Waals surface area (Å²) in [4.78, 5) is 5.34. The Kier molecular flexibility index (Phi) is 5.27. The van der Waals surface area contributed by atoms with Crippen LogP contribution in [-0.4, -0.2) is 61.2 Å². The van der Waals surface area contributed by atoms with Gasteiger partial charge in [-0.15, -0.1) is 0 Å². The first kappa shape index (κ1) is 15.3. The van der Waals surface area contributed by atoms with E-state index < -0.39 is 0 Å². The normalized spacial score (nSPS) is 33.5. The summed E-state index contributed by atoms with van der Waals surface area (Å²) >= 11 is 0. The minimum atomic E-state index is 0.526. The number of nitrogens with zero attached hydrogens (tertiary/aromatic N) is 2. The van der Waals surface area contributed by atoms with E-state index in [1.807, 2.05) is 0 Å². The maximum absolute atomic E-state index is 3.74. The molecule has 1 saturated heterocycles. The smallest absolute Gasteiger partial charge is 0.0255 e. The predicted octanol–water partition coefficient (Wildman–Crippen LogP) is 2.18. The Hall–Kier alpha value is -0.120. The summed E-state index contributed by atoms with van der Waals surface area (Å²) < 4.78 is 0. The summed E-state index contributed by atoms with van der Waals surface area (Å²) in [5.41, 5.74) is 0.526. The van der Waals surface area contributed by atoms with E-state index in [0.717, 1.165) is 12.6 Å². The van der Waals surface area contributed by atoms with E-state index in [9.17, 15) is 0 Å². The van der Waals surface area contributed by atoms with Crippen LogP contribution in [0.15, 0.2) is 0 Å². The van der Waals surface area contributed by atoms with Crippen molar-refractivity contribution in [2.24, 2.45) is 5.41 Å². The van der Waals surface area contributed by atoms with E-state index in [1.165, 1.54) is 52.0 Å². The van der Waals surface area contributed by atoms with Gasteiger partial charge in [-0.25, -0.2) is 0 Å². The first-order valence-electron chi connectivity index (χ1n) is 8.25. The number of hydrogen-bond donors (Lipinski definition) is 1. The highest BCUT2D eigenvalue weighted by Gasteiger charge is 2.38. The fourth-order valence-electron chi connectivity index (χ4n) is 3.84. The Labute approximate surface area is 119 Å². The second-order valence-electron chi connectivity index (χ2n) is 7.11. The summed E-state index contributed by atoms with van der Waals surface area (Å²) in [6.45, 7) is 16.8. The summed E-state index contributed by atoms with van der Waals surface area (Å²) in [6.07, 6.45) is 4.08. The second kappa shape index (κ2) is 6.55. The molecule has 0 spiro atoms. The van der Waals surface area contributed by atoms with Gasteiger partial charge in [-0.05, 0) is 37.8 Å². The van der Waals surface area contributed by atoms with Crippen LogP contribution in [0.1, 0.15) is 47.0 Å². The maximum Gasteiger partial charge on any atom is 0.0255 e. The molecule has 0 aromatic rings. The van der Waals surface area contributed by atoms with E-state index in [-0.39, 0.29) is 0 Å². The highest BCUT2D eigenvalue weighted by molar-refractivity contribution is 4.95. The molecule has 112 valence electrons. The van der Waals surface area contributed by atoms with Gasteiger partial charge in [-0.3, -0.25) is 4.90 Å². The summed E-state index contributed by atoms with van der Waals surface area (Å²) in [7, 11) is 0. The van der Waals surface area contributed by atoms with Gasteiger partial charge < -0.3 is 10.2 Å². The number of nitrogens with one attached hydrogen (secondary N) is 1. The molecule has 0 bridgehead atoms. The molecule has 0 aromatic carbocycles. The molecule has 19 heavy (non-hydrogen) atoms. The molecule has 2 unspecified atom stereocenters. The van der Waals surface area contributed by atoms with Gasteiger partial charge in [0.15, 0.2) is 0 Å². The molecular weight excluding hydrogens is 234 g/mol. The van der Waals surface area contributed by atoms with Gasteiger partial charge in [0.25, 0.3) is 0 Å². The largest absolute Gasteiger partial charge is 0.313 e. The molecule has 1 heterocycles. The fourth-order valence-corrected chi connectivity index (χ4v) is 3.84. The minimum absolute atomic E-state index is 0.526. The lowest BCUT2D eigenvalue weighted by Crippen LogP contribution is -2.59.